The third kappa shape index (κ3) is 4.69. The number of quaternary nitrogens is 1. The van der Waals surface area contributed by atoms with Crippen LogP contribution in [-0.2, 0) is 0 Å². The topological polar surface area (TPSA) is 44.7 Å². The molecule has 0 unspecified atom stereocenters. The van der Waals surface area contributed by atoms with Crippen molar-refractivity contribution >= 4 is 47.3 Å². The number of nitrogens with zero attached hydrogens (tertiary/aromatic N) is 2. The maximum atomic E-state index is 11.0. The highest BCUT2D eigenvalue weighted by molar-refractivity contribution is 14.0. The fraction of sp³-hybridized carbons (Fsp3) is 0.364. The van der Waals surface area contributed by atoms with Crippen LogP contribution >= 0.6 is 35.6 Å². The lowest BCUT2D eigenvalue weighted by Crippen LogP contribution is -2.34. The summed E-state index contributed by atoms with van der Waals surface area (Å²) in [4.78, 5) is 3.39. The Labute approximate surface area is 123 Å². The largest absolute Gasteiger partial charge is 0.565 e. The van der Waals surface area contributed by atoms with Crippen LogP contribution in [-0.4, -0.2) is 34.3 Å². The van der Waals surface area contributed by atoms with Gasteiger partial charge in [-0.2, -0.15) is 0 Å². The Morgan fingerprint density at radius 1 is 1.35 bits per heavy atom. The summed E-state index contributed by atoms with van der Waals surface area (Å²) in [6, 6.07) is 5.34. The van der Waals surface area contributed by atoms with Crippen LogP contribution in [0.15, 0.2) is 23.2 Å². The molecule has 0 radical (unpaired) electrons. The van der Waals surface area contributed by atoms with Gasteiger partial charge in [0.25, 0.3) is 0 Å². The molecule has 1 rings (SSSR count). The van der Waals surface area contributed by atoms with Gasteiger partial charge in [0, 0.05) is 24.9 Å². The smallest absolute Gasteiger partial charge is 0.149 e. The Morgan fingerprint density at radius 2 is 1.94 bits per heavy atom. The van der Waals surface area contributed by atoms with E-state index in [2.05, 4.69) is 4.99 Å². The minimum Gasteiger partial charge on any atom is -0.565 e. The Balaban J connectivity index is 0.00000256. The number of hydrogen-bond acceptors (Lipinski definition) is 3. The van der Waals surface area contributed by atoms with Crippen LogP contribution in [0, 0.1) is 0 Å². The second kappa shape index (κ2) is 6.42. The number of hydrogen-bond donors (Lipinski definition) is 0. The highest BCUT2D eigenvalue weighted by Gasteiger charge is 2.13. The molecule has 0 aliphatic heterocycles. The van der Waals surface area contributed by atoms with Gasteiger partial charge in [0.05, 0.1) is 26.2 Å². The summed E-state index contributed by atoms with van der Waals surface area (Å²) in [5, 5.41) is 11.4. The first-order chi connectivity index (χ1) is 7.34. The maximum absolute atomic E-state index is 11.0. The van der Waals surface area contributed by atoms with Crippen LogP contribution in [0.3, 0.4) is 0 Å². The fourth-order valence-corrected chi connectivity index (χ4v) is 1.28. The lowest BCUT2D eigenvalue weighted by atomic mass is 10.2. The van der Waals surface area contributed by atoms with Crippen molar-refractivity contribution in [1.29, 1.82) is 0 Å². The van der Waals surface area contributed by atoms with Crippen LogP contribution in [0.4, 0.5) is 5.69 Å². The van der Waals surface area contributed by atoms with Crippen molar-refractivity contribution in [2.75, 3.05) is 28.2 Å². The maximum Gasteiger partial charge on any atom is 0.149 e. The van der Waals surface area contributed by atoms with Gasteiger partial charge in [0.15, 0.2) is 0 Å². The van der Waals surface area contributed by atoms with Gasteiger partial charge < -0.3 is 9.84 Å². The summed E-state index contributed by atoms with van der Waals surface area (Å²) >= 11 is 5.92. The SMILES string of the molecule is CN=C([O-])Oc1cc([N+](C)(C)C)ccc1Cl.I. The minimum atomic E-state index is -0.652. The number of benzene rings is 1. The molecule has 17 heavy (non-hydrogen) atoms. The Bertz CT molecular complexity index is 416. The predicted octanol–water partition coefficient (Wildman–Crippen LogP) is 1.88. The lowest BCUT2D eigenvalue weighted by molar-refractivity contribution is -0.240. The molecule has 0 bridgehead atoms. The first-order valence-corrected chi connectivity index (χ1v) is 5.15. The molecule has 6 heteroatoms. The second-order valence-corrected chi connectivity index (χ2v) is 4.63. The van der Waals surface area contributed by atoms with E-state index in [0.717, 1.165) is 5.69 Å². The quantitative estimate of drug-likeness (QED) is 0.345. The molecule has 1 aromatic carbocycles. The lowest BCUT2D eigenvalue weighted by Gasteiger charge is -2.25. The van der Waals surface area contributed by atoms with E-state index < -0.39 is 6.08 Å². The molecule has 1 aromatic rings. The molecular weight excluding hydrogens is 354 g/mol. The van der Waals surface area contributed by atoms with E-state index >= 15 is 0 Å². The molecule has 0 N–H and O–H groups in total. The van der Waals surface area contributed by atoms with E-state index in [4.69, 9.17) is 16.3 Å². The first kappa shape index (κ1) is 16.5. The van der Waals surface area contributed by atoms with E-state index in [-0.39, 0.29) is 24.0 Å². The van der Waals surface area contributed by atoms with E-state index in [1.807, 2.05) is 27.2 Å². The molecule has 0 amide bonds. The zero-order valence-electron chi connectivity index (χ0n) is 10.2. The Kier molecular flexibility index (Phi) is 6.22. The summed E-state index contributed by atoms with van der Waals surface area (Å²) in [6.45, 7) is 0. The normalized spacial score (nSPS) is 11.9. The highest BCUT2D eigenvalue weighted by atomic mass is 127. The number of halogens is 2. The van der Waals surface area contributed by atoms with Gasteiger partial charge in [0.2, 0.25) is 0 Å². The molecule has 0 aromatic heterocycles. The molecule has 0 atom stereocenters. The average Bonchev–Trinajstić information content (AvgIpc) is 2.19. The van der Waals surface area contributed by atoms with Crippen molar-refractivity contribution in [1.82, 2.24) is 4.48 Å². The zero-order chi connectivity index (χ0) is 12.3. The van der Waals surface area contributed by atoms with Crippen molar-refractivity contribution in [2.45, 2.75) is 0 Å². The monoisotopic (exact) mass is 370 g/mol. The van der Waals surface area contributed by atoms with Crippen LogP contribution in [0.1, 0.15) is 0 Å². The van der Waals surface area contributed by atoms with E-state index in [1.165, 1.54) is 7.05 Å². The molecule has 4 nitrogen and oxygen atoms in total. The van der Waals surface area contributed by atoms with Gasteiger partial charge in [-0.15, -0.1) is 24.0 Å². The molecule has 0 heterocycles. The Hall–Kier alpha value is -0.530. The first-order valence-electron chi connectivity index (χ1n) is 4.78. The molecule has 96 valence electrons. The molecule has 0 aliphatic rings. The Morgan fingerprint density at radius 3 is 2.41 bits per heavy atom. The number of aliphatic imine (C=N–C) groups is 1. The van der Waals surface area contributed by atoms with Crippen LogP contribution in [0.5, 0.6) is 5.75 Å². The van der Waals surface area contributed by atoms with Gasteiger partial charge in [-0.25, -0.2) is 0 Å². The van der Waals surface area contributed by atoms with Gasteiger partial charge in [-0.1, -0.05) is 11.6 Å². The van der Waals surface area contributed by atoms with Crippen molar-refractivity contribution < 1.29 is 9.84 Å². The molecule has 0 saturated carbocycles. The summed E-state index contributed by atoms with van der Waals surface area (Å²) in [6.07, 6.45) is -0.652. The molecule has 0 fully saturated rings. The van der Waals surface area contributed by atoms with Crippen molar-refractivity contribution in [3.63, 3.8) is 0 Å². The summed E-state index contributed by atoms with van der Waals surface area (Å²) in [7, 11) is 7.41. The molecular formula is C11H16ClIN2O2. The summed E-state index contributed by atoms with van der Waals surface area (Å²) in [5.74, 6) is 0.336. The zero-order valence-corrected chi connectivity index (χ0v) is 13.3. The van der Waals surface area contributed by atoms with Gasteiger partial charge >= 0.3 is 0 Å². The van der Waals surface area contributed by atoms with Crippen molar-refractivity contribution in [2.24, 2.45) is 4.99 Å². The average molecular weight is 371 g/mol. The summed E-state index contributed by atoms with van der Waals surface area (Å²) in [5.41, 5.74) is 0.989. The number of ether oxygens (including phenoxy) is 1. The standard InChI is InChI=1S/C11H15ClN2O2.HI/c1-13-11(15)16-10-7-8(14(2,3)4)5-6-9(10)12;/h5-7H,1-4H3;1H. The highest BCUT2D eigenvalue weighted by Crippen LogP contribution is 2.30. The van der Waals surface area contributed by atoms with Gasteiger partial charge in [-0.05, 0) is 6.07 Å². The molecule has 0 spiro atoms. The van der Waals surface area contributed by atoms with Crippen molar-refractivity contribution in [3.05, 3.63) is 23.2 Å². The third-order valence-electron chi connectivity index (χ3n) is 2.07. The number of rotatable bonds is 2. The summed E-state index contributed by atoms with van der Waals surface area (Å²) < 4.78 is 5.60. The fourth-order valence-electron chi connectivity index (χ4n) is 1.13. The van der Waals surface area contributed by atoms with Crippen LogP contribution in [0.2, 0.25) is 5.02 Å². The van der Waals surface area contributed by atoms with Crippen molar-refractivity contribution in [3.8, 4) is 5.75 Å². The van der Waals surface area contributed by atoms with E-state index in [0.29, 0.717) is 15.3 Å². The van der Waals surface area contributed by atoms with E-state index in [9.17, 15) is 5.11 Å². The second-order valence-electron chi connectivity index (χ2n) is 4.22. The van der Waals surface area contributed by atoms with Gasteiger partial charge in [0.1, 0.15) is 11.8 Å². The van der Waals surface area contributed by atoms with Crippen LogP contribution < -0.4 is 14.3 Å². The predicted molar refractivity (Wildman–Crippen MR) is 80.4 cm³/mol. The third-order valence-corrected chi connectivity index (χ3v) is 2.38. The van der Waals surface area contributed by atoms with Gasteiger partial charge in [-0.3, -0.25) is 9.48 Å². The van der Waals surface area contributed by atoms with E-state index in [1.54, 1.807) is 12.1 Å². The van der Waals surface area contributed by atoms with Crippen LogP contribution in [0.25, 0.3) is 0 Å². The molecule has 0 aliphatic carbocycles. The molecule has 0 saturated heterocycles. The minimum absolute atomic E-state index is 0.